The molecule has 1 fully saturated rings. The van der Waals surface area contributed by atoms with Crippen LogP contribution in [0.4, 0.5) is 9.52 Å². The van der Waals surface area contributed by atoms with Gasteiger partial charge in [-0.2, -0.15) is 0 Å². The second kappa shape index (κ2) is 7.40. The number of hydrogen-bond acceptors (Lipinski definition) is 4. The molecule has 1 aromatic heterocycles. The number of benzene rings is 1. The van der Waals surface area contributed by atoms with Gasteiger partial charge in [0.25, 0.3) is 0 Å². The summed E-state index contributed by atoms with van der Waals surface area (Å²) in [5.41, 5.74) is 7.69. The predicted octanol–water partition coefficient (Wildman–Crippen LogP) is 3.49. The molecule has 0 radical (unpaired) electrons. The highest BCUT2D eigenvalue weighted by Gasteiger charge is 2.32. The van der Waals surface area contributed by atoms with Crippen LogP contribution in [0, 0.1) is 24.6 Å². The van der Waals surface area contributed by atoms with E-state index in [0.29, 0.717) is 18.1 Å². The zero-order chi connectivity index (χ0) is 17.1. The van der Waals surface area contributed by atoms with Crippen molar-refractivity contribution in [2.75, 3.05) is 11.9 Å². The number of halogens is 1. The third-order valence-corrected chi connectivity index (χ3v) is 5.77. The second-order valence-corrected chi connectivity index (χ2v) is 7.44. The SMILES string of the molecule is Cc1nc(NC(=O)[C@@H]2CCC[C@@H]2CN)sc1Cc1ccc(F)cc1. The largest absolute Gasteiger partial charge is 0.330 e. The summed E-state index contributed by atoms with van der Waals surface area (Å²) in [7, 11) is 0. The lowest BCUT2D eigenvalue weighted by Crippen LogP contribution is -2.29. The number of nitrogens with one attached hydrogen (secondary N) is 1. The molecule has 1 aliphatic carbocycles. The third-order valence-electron chi connectivity index (χ3n) is 4.70. The Kier molecular flexibility index (Phi) is 5.26. The van der Waals surface area contributed by atoms with E-state index in [1.54, 1.807) is 12.1 Å². The Morgan fingerprint density at radius 1 is 1.38 bits per heavy atom. The molecule has 128 valence electrons. The highest BCUT2D eigenvalue weighted by Crippen LogP contribution is 2.33. The van der Waals surface area contributed by atoms with Crippen LogP contribution in [0.3, 0.4) is 0 Å². The van der Waals surface area contributed by atoms with Gasteiger partial charge in [-0.1, -0.05) is 18.6 Å². The van der Waals surface area contributed by atoms with E-state index < -0.39 is 0 Å². The summed E-state index contributed by atoms with van der Waals surface area (Å²) in [6, 6.07) is 6.47. The lowest BCUT2D eigenvalue weighted by atomic mass is 9.95. The van der Waals surface area contributed by atoms with E-state index in [9.17, 15) is 9.18 Å². The van der Waals surface area contributed by atoms with Gasteiger partial charge in [-0.25, -0.2) is 9.37 Å². The monoisotopic (exact) mass is 347 g/mol. The van der Waals surface area contributed by atoms with Gasteiger partial charge < -0.3 is 11.1 Å². The zero-order valence-electron chi connectivity index (χ0n) is 13.7. The number of carbonyl (C=O) groups is 1. The van der Waals surface area contributed by atoms with Gasteiger partial charge in [0.15, 0.2) is 5.13 Å². The molecule has 1 aromatic carbocycles. The minimum absolute atomic E-state index is 0.000227. The van der Waals surface area contributed by atoms with Crippen LogP contribution < -0.4 is 11.1 Å². The Bertz CT molecular complexity index is 714. The van der Waals surface area contributed by atoms with Crippen LogP contribution in [0.5, 0.6) is 0 Å². The summed E-state index contributed by atoms with van der Waals surface area (Å²) in [5.74, 6) is 0.0771. The smallest absolute Gasteiger partial charge is 0.229 e. The molecule has 0 saturated heterocycles. The average Bonchev–Trinajstić information content (AvgIpc) is 3.16. The fourth-order valence-corrected chi connectivity index (χ4v) is 4.30. The number of aryl methyl sites for hydroxylation is 1. The first kappa shape index (κ1) is 17.0. The van der Waals surface area contributed by atoms with Crippen LogP contribution in [0.2, 0.25) is 0 Å². The quantitative estimate of drug-likeness (QED) is 0.870. The number of amides is 1. The fraction of sp³-hybridized carbons (Fsp3) is 0.444. The molecule has 0 aliphatic heterocycles. The van der Waals surface area contributed by atoms with Crippen LogP contribution in [-0.4, -0.2) is 17.4 Å². The number of rotatable bonds is 5. The second-order valence-electron chi connectivity index (χ2n) is 6.35. The van der Waals surface area contributed by atoms with Crippen LogP contribution in [0.25, 0.3) is 0 Å². The first-order valence-corrected chi connectivity index (χ1v) is 9.10. The highest BCUT2D eigenvalue weighted by atomic mass is 32.1. The normalized spacial score (nSPS) is 20.3. The average molecular weight is 347 g/mol. The Labute approximate surface area is 145 Å². The molecular weight excluding hydrogens is 325 g/mol. The highest BCUT2D eigenvalue weighted by molar-refractivity contribution is 7.15. The first-order valence-electron chi connectivity index (χ1n) is 8.28. The number of anilines is 1. The number of carbonyl (C=O) groups excluding carboxylic acids is 1. The molecule has 1 aliphatic rings. The van der Waals surface area contributed by atoms with Crippen molar-refractivity contribution < 1.29 is 9.18 Å². The van der Waals surface area contributed by atoms with Crippen LogP contribution in [0.15, 0.2) is 24.3 Å². The Morgan fingerprint density at radius 2 is 2.12 bits per heavy atom. The number of aromatic nitrogens is 1. The molecule has 2 aromatic rings. The Balaban J connectivity index is 1.67. The van der Waals surface area contributed by atoms with E-state index in [-0.39, 0.29) is 23.6 Å². The van der Waals surface area contributed by atoms with Crippen LogP contribution >= 0.6 is 11.3 Å². The molecule has 1 heterocycles. The maximum Gasteiger partial charge on any atom is 0.229 e. The van der Waals surface area contributed by atoms with E-state index in [2.05, 4.69) is 10.3 Å². The van der Waals surface area contributed by atoms with Crippen molar-refractivity contribution in [1.82, 2.24) is 4.98 Å². The molecule has 1 amide bonds. The summed E-state index contributed by atoms with van der Waals surface area (Å²) in [5, 5.41) is 3.59. The van der Waals surface area contributed by atoms with Gasteiger partial charge in [-0.3, -0.25) is 4.79 Å². The molecule has 0 unspecified atom stereocenters. The van der Waals surface area contributed by atoms with Crippen molar-refractivity contribution >= 4 is 22.4 Å². The summed E-state index contributed by atoms with van der Waals surface area (Å²) >= 11 is 1.49. The van der Waals surface area contributed by atoms with Crippen molar-refractivity contribution in [3.8, 4) is 0 Å². The molecule has 1 saturated carbocycles. The Hall–Kier alpha value is -1.79. The minimum Gasteiger partial charge on any atom is -0.330 e. The van der Waals surface area contributed by atoms with Crippen molar-refractivity contribution in [3.05, 3.63) is 46.2 Å². The maximum atomic E-state index is 13.0. The van der Waals surface area contributed by atoms with Gasteiger partial charge in [0, 0.05) is 17.2 Å². The lowest BCUT2D eigenvalue weighted by molar-refractivity contribution is -0.120. The molecule has 2 atom stereocenters. The fourth-order valence-electron chi connectivity index (χ4n) is 3.30. The molecule has 0 spiro atoms. The number of nitrogens with zero attached hydrogens (tertiary/aromatic N) is 1. The summed E-state index contributed by atoms with van der Waals surface area (Å²) in [4.78, 5) is 18.0. The topological polar surface area (TPSA) is 68.0 Å². The minimum atomic E-state index is -0.237. The molecule has 3 N–H and O–H groups in total. The summed E-state index contributed by atoms with van der Waals surface area (Å²) < 4.78 is 13.0. The van der Waals surface area contributed by atoms with E-state index >= 15 is 0 Å². The first-order chi connectivity index (χ1) is 11.6. The standard InChI is InChI=1S/C18H22FN3OS/c1-11-16(9-12-5-7-14(19)8-6-12)24-18(21-11)22-17(23)15-4-2-3-13(15)10-20/h5-8,13,15H,2-4,9-10,20H2,1H3,(H,21,22,23)/t13-,15-/m1/s1. The van der Waals surface area contributed by atoms with Gasteiger partial charge in [0.05, 0.1) is 5.69 Å². The van der Waals surface area contributed by atoms with E-state index in [1.807, 2.05) is 6.92 Å². The molecule has 0 bridgehead atoms. The van der Waals surface area contributed by atoms with Gasteiger partial charge >= 0.3 is 0 Å². The van der Waals surface area contributed by atoms with Crippen molar-refractivity contribution in [1.29, 1.82) is 0 Å². The van der Waals surface area contributed by atoms with Gasteiger partial charge in [0.1, 0.15) is 5.82 Å². The van der Waals surface area contributed by atoms with Crippen molar-refractivity contribution in [2.45, 2.75) is 32.6 Å². The van der Waals surface area contributed by atoms with Crippen molar-refractivity contribution in [2.24, 2.45) is 17.6 Å². The summed E-state index contributed by atoms with van der Waals surface area (Å²) in [6.07, 6.45) is 3.68. The van der Waals surface area contributed by atoms with Gasteiger partial charge in [0.2, 0.25) is 5.91 Å². The number of thiazole rings is 1. The Morgan fingerprint density at radius 3 is 2.83 bits per heavy atom. The van der Waals surface area contributed by atoms with Gasteiger partial charge in [-0.15, -0.1) is 11.3 Å². The van der Waals surface area contributed by atoms with Gasteiger partial charge in [-0.05, 0) is 49.9 Å². The van der Waals surface area contributed by atoms with E-state index in [1.165, 1.54) is 23.5 Å². The number of hydrogen-bond donors (Lipinski definition) is 2. The molecule has 4 nitrogen and oxygen atoms in total. The van der Waals surface area contributed by atoms with E-state index in [4.69, 9.17) is 5.73 Å². The van der Waals surface area contributed by atoms with Crippen LogP contribution in [-0.2, 0) is 11.2 Å². The molecule has 3 rings (SSSR count). The number of nitrogens with two attached hydrogens (primary N) is 1. The van der Waals surface area contributed by atoms with E-state index in [0.717, 1.165) is 35.4 Å². The van der Waals surface area contributed by atoms with Crippen LogP contribution in [0.1, 0.15) is 35.4 Å². The lowest BCUT2D eigenvalue weighted by Gasteiger charge is -2.16. The zero-order valence-corrected chi connectivity index (χ0v) is 14.5. The third kappa shape index (κ3) is 3.82. The predicted molar refractivity (Wildman–Crippen MR) is 94.6 cm³/mol. The molecule has 24 heavy (non-hydrogen) atoms. The maximum absolute atomic E-state index is 13.0. The molecular formula is C18H22FN3OS. The molecule has 6 heteroatoms. The van der Waals surface area contributed by atoms with Crippen molar-refractivity contribution in [3.63, 3.8) is 0 Å². The summed E-state index contributed by atoms with van der Waals surface area (Å²) in [6.45, 7) is 2.49.